The maximum absolute atomic E-state index is 12.2. The summed E-state index contributed by atoms with van der Waals surface area (Å²) in [4.78, 5) is 12.0. The molecule has 0 spiro atoms. The summed E-state index contributed by atoms with van der Waals surface area (Å²) in [5.41, 5.74) is 4.45. The second-order valence-electron chi connectivity index (χ2n) is 5.71. The zero-order valence-corrected chi connectivity index (χ0v) is 15.8. The fourth-order valence-electron chi connectivity index (χ4n) is 2.13. The normalized spacial score (nSPS) is 10.4. The lowest BCUT2D eigenvalue weighted by molar-refractivity contribution is -0.116. The van der Waals surface area contributed by atoms with Crippen molar-refractivity contribution in [1.29, 1.82) is 0 Å². The summed E-state index contributed by atoms with van der Waals surface area (Å²) in [5.74, 6) is -0.390. The van der Waals surface area contributed by atoms with E-state index in [1.165, 1.54) is 12.1 Å². The van der Waals surface area contributed by atoms with E-state index in [1.807, 2.05) is 25.1 Å². The van der Waals surface area contributed by atoms with Gasteiger partial charge in [-0.15, -0.1) is 5.73 Å². The third-order valence-corrected chi connectivity index (χ3v) is 5.06. The molecule has 5 nitrogen and oxygen atoms in total. The maximum atomic E-state index is 12.2. The number of ether oxygens (including phenoxy) is 1. The number of rotatable bonds is 8. The van der Waals surface area contributed by atoms with Gasteiger partial charge in [0, 0.05) is 11.6 Å². The van der Waals surface area contributed by atoms with Crippen LogP contribution in [0.2, 0.25) is 0 Å². The van der Waals surface area contributed by atoms with E-state index < -0.39 is 21.6 Å². The second-order valence-corrected chi connectivity index (χ2v) is 7.70. The number of carbonyl (C=O) groups excluding carboxylic acids is 1. The monoisotopic (exact) mass is 383 g/mol. The van der Waals surface area contributed by atoms with Crippen LogP contribution in [0.3, 0.4) is 0 Å². The summed E-state index contributed by atoms with van der Waals surface area (Å²) in [6, 6.07) is 13.8. The first-order valence-corrected chi connectivity index (χ1v) is 9.90. The van der Waals surface area contributed by atoms with Crippen molar-refractivity contribution in [3.05, 3.63) is 84.1 Å². The van der Waals surface area contributed by atoms with Gasteiger partial charge in [0.15, 0.2) is 9.84 Å². The van der Waals surface area contributed by atoms with Gasteiger partial charge in [-0.3, -0.25) is 4.79 Å². The van der Waals surface area contributed by atoms with Crippen molar-refractivity contribution in [3.8, 4) is 5.75 Å². The molecule has 0 aliphatic heterocycles. The lowest BCUT2D eigenvalue weighted by atomic mass is 10.2. The van der Waals surface area contributed by atoms with Crippen LogP contribution in [0.15, 0.2) is 77.9 Å². The average Bonchev–Trinajstić information content (AvgIpc) is 2.66. The number of hydrogen-bond acceptors (Lipinski definition) is 4. The topological polar surface area (TPSA) is 72.5 Å². The first-order chi connectivity index (χ1) is 12.9. The van der Waals surface area contributed by atoms with E-state index in [9.17, 15) is 13.2 Å². The number of nitrogens with one attached hydrogen (secondary N) is 1. The van der Waals surface area contributed by atoms with E-state index >= 15 is 0 Å². The standard InChI is InChI=1S/C21H21NO4S/c1-3-15-26-20-9-5-4-7-18(20)8-6-10-21(23)22-16-27(24,25)19-13-11-17(2)12-14-19/h3-5,7-14H,1,15-16H2,2H3,(H,22,23). The number of sulfone groups is 1. The van der Waals surface area contributed by atoms with Gasteiger partial charge in [0.25, 0.3) is 5.91 Å². The molecular weight excluding hydrogens is 362 g/mol. The van der Waals surface area contributed by atoms with Crippen LogP contribution in [-0.4, -0.2) is 26.8 Å². The van der Waals surface area contributed by atoms with Gasteiger partial charge < -0.3 is 10.1 Å². The molecule has 0 aliphatic rings. The molecule has 140 valence electrons. The molecule has 1 N–H and O–H groups in total. The van der Waals surface area contributed by atoms with Crippen LogP contribution < -0.4 is 10.1 Å². The Balaban J connectivity index is 2.00. The van der Waals surface area contributed by atoms with Crippen LogP contribution in [0, 0.1) is 6.92 Å². The summed E-state index contributed by atoms with van der Waals surface area (Å²) in [6.45, 7) is 5.84. The van der Waals surface area contributed by atoms with Gasteiger partial charge in [-0.25, -0.2) is 8.42 Å². The lowest BCUT2D eigenvalue weighted by Crippen LogP contribution is -2.28. The molecule has 0 aliphatic carbocycles. The summed E-state index contributed by atoms with van der Waals surface area (Å²) in [7, 11) is -3.59. The molecule has 1 amide bonds. The van der Waals surface area contributed by atoms with Gasteiger partial charge in [0.05, 0.1) is 4.90 Å². The molecular formula is C21H21NO4S. The molecule has 0 unspecified atom stereocenters. The van der Waals surface area contributed by atoms with Crippen LogP contribution in [0.4, 0.5) is 0 Å². The van der Waals surface area contributed by atoms with Gasteiger partial charge in [-0.05, 0) is 31.2 Å². The van der Waals surface area contributed by atoms with Crippen molar-refractivity contribution in [1.82, 2.24) is 5.32 Å². The van der Waals surface area contributed by atoms with Crippen LogP contribution >= 0.6 is 0 Å². The summed E-state index contributed by atoms with van der Waals surface area (Å²) < 4.78 is 29.9. The average molecular weight is 383 g/mol. The molecule has 0 radical (unpaired) electrons. The SMILES string of the molecule is C=CCOc1ccccc1C=C=CC(=O)NCS(=O)(=O)c1ccc(C)cc1. The molecule has 2 aromatic carbocycles. The smallest absolute Gasteiger partial charge is 0.252 e. The summed E-state index contributed by atoms with van der Waals surface area (Å²) >= 11 is 0. The van der Waals surface area contributed by atoms with E-state index in [2.05, 4.69) is 17.6 Å². The minimum atomic E-state index is -3.59. The molecule has 0 aromatic heterocycles. The van der Waals surface area contributed by atoms with Crippen LogP contribution in [-0.2, 0) is 14.6 Å². The predicted octanol–water partition coefficient (Wildman–Crippen LogP) is 3.28. The highest BCUT2D eigenvalue weighted by molar-refractivity contribution is 7.91. The minimum absolute atomic E-state index is 0.168. The lowest BCUT2D eigenvalue weighted by Gasteiger charge is -2.06. The molecule has 0 heterocycles. The van der Waals surface area contributed by atoms with Crippen LogP contribution in [0.5, 0.6) is 5.75 Å². The zero-order valence-electron chi connectivity index (χ0n) is 15.0. The number of benzene rings is 2. The largest absolute Gasteiger partial charge is 0.489 e. The highest BCUT2D eigenvalue weighted by Crippen LogP contribution is 2.19. The second kappa shape index (κ2) is 9.57. The zero-order chi connectivity index (χ0) is 19.7. The Morgan fingerprint density at radius 3 is 2.59 bits per heavy atom. The number of para-hydroxylation sites is 1. The summed E-state index contributed by atoms with van der Waals surface area (Å²) in [5, 5.41) is 2.36. The Bertz CT molecular complexity index is 969. The van der Waals surface area contributed by atoms with E-state index in [-0.39, 0.29) is 4.90 Å². The van der Waals surface area contributed by atoms with Gasteiger partial charge in [0.2, 0.25) is 0 Å². The Labute approximate surface area is 159 Å². The van der Waals surface area contributed by atoms with E-state index in [0.29, 0.717) is 12.4 Å². The molecule has 0 bridgehead atoms. The molecule has 2 rings (SSSR count). The van der Waals surface area contributed by atoms with Crippen LogP contribution in [0.1, 0.15) is 11.1 Å². The number of hydrogen-bond donors (Lipinski definition) is 1. The quantitative estimate of drug-likeness (QED) is 0.431. The molecule has 0 saturated heterocycles. The van der Waals surface area contributed by atoms with Crippen molar-refractivity contribution in [2.24, 2.45) is 0 Å². The highest BCUT2D eigenvalue weighted by Gasteiger charge is 2.14. The highest BCUT2D eigenvalue weighted by atomic mass is 32.2. The van der Waals surface area contributed by atoms with Crippen LogP contribution in [0.25, 0.3) is 6.08 Å². The molecule has 0 fully saturated rings. The van der Waals surface area contributed by atoms with Gasteiger partial charge >= 0.3 is 0 Å². The third-order valence-electron chi connectivity index (χ3n) is 3.55. The Hall–Kier alpha value is -3.08. The van der Waals surface area contributed by atoms with Gasteiger partial charge in [0.1, 0.15) is 18.2 Å². The van der Waals surface area contributed by atoms with Crippen molar-refractivity contribution in [2.75, 3.05) is 12.5 Å². The fraction of sp³-hybridized carbons (Fsp3) is 0.143. The fourth-order valence-corrected chi connectivity index (χ4v) is 3.18. The van der Waals surface area contributed by atoms with Crippen molar-refractivity contribution in [3.63, 3.8) is 0 Å². The van der Waals surface area contributed by atoms with Crippen molar-refractivity contribution < 1.29 is 17.9 Å². The molecule has 27 heavy (non-hydrogen) atoms. The van der Waals surface area contributed by atoms with E-state index in [0.717, 1.165) is 17.2 Å². The maximum Gasteiger partial charge on any atom is 0.252 e. The van der Waals surface area contributed by atoms with Crippen molar-refractivity contribution >= 4 is 21.8 Å². The molecule has 0 atom stereocenters. The molecule has 6 heteroatoms. The summed E-state index contributed by atoms with van der Waals surface area (Å²) in [6.07, 6.45) is 4.37. The van der Waals surface area contributed by atoms with E-state index in [4.69, 9.17) is 4.74 Å². The van der Waals surface area contributed by atoms with E-state index in [1.54, 1.807) is 30.4 Å². The first-order valence-electron chi connectivity index (χ1n) is 8.25. The molecule has 2 aromatic rings. The van der Waals surface area contributed by atoms with Gasteiger partial charge in [-0.1, -0.05) is 48.6 Å². The Morgan fingerprint density at radius 1 is 1.19 bits per heavy atom. The molecule has 0 saturated carbocycles. The Morgan fingerprint density at radius 2 is 1.89 bits per heavy atom. The minimum Gasteiger partial charge on any atom is -0.489 e. The third kappa shape index (κ3) is 6.29. The number of carbonyl (C=O) groups is 1. The number of aryl methyl sites for hydroxylation is 1. The Kier molecular flexibility index (Phi) is 7.17. The number of amides is 1. The van der Waals surface area contributed by atoms with Gasteiger partial charge in [-0.2, -0.15) is 0 Å². The van der Waals surface area contributed by atoms with Crippen molar-refractivity contribution in [2.45, 2.75) is 11.8 Å². The first kappa shape index (κ1) is 20.2. The predicted molar refractivity (Wildman–Crippen MR) is 106 cm³/mol.